The Morgan fingerprint density at radius 2 is 2.38 bits per heavy atom. The minimum Gasteiger partial charge on any atom is -0.342 e. The third-order valence-corrected chi connectivity index (χ3v) is 3.08. The standard InChI is InChI=1S/C10H14BrNO/c1-2-3-4-5-7-12-8-6-9(11)10(12)13/h1,9H,3-8H2. The zero-order chi connectivity index (χ0) is 9.68. The van der Waals surface area contributed by atoms with E-state index in [4.69, 9.17) is 6.42 Å². The summed E-state index contributed by atoms with van der Waals surface area (Å²) in [6, 6.07) is 0. The summed E-state index contributed by atoms with van der Waals surface area (Å²) in [6.45, 7) is 1.76. The minimum absolute atomic E-state index is 0.0557. The number of terminal acetylenes is 1. The average Bonchev–Trinajstić information content (AvgIpc) is 2.43. The Balaban J connectivity index is 2.16. The van der Waals surface area contributed by atoms with Gasteiger partial charge < -0.3 is 4.90 Å². The highest BCUT2D eigenvalue weighted by molar-refractivity contribution is 9.10. The molecule has 0 aromatic carbocycles. The maximum atomic E-state index is 11.4. The summed E-state index contributed by atoms with van der Waals surface area (Å²) in [5.41, 5.74) is 0. The molecule has 1 fully saturated rings. The molecular weight excluding hydrogens is 230 g/mol. The highest BCUT2D eigenvalue weighted by Gasteiger charge is 2.28. The lowest BCUT2D eigenvalue weighted by molar-refractivity contribution is -0.127. The molecule has 13 heavy (non-hydrogen) atoms. The fourth-order valence-electron chi connectivity index (χ4n) is 1.45. The molecule has 1 amide bonds. The molecule has 0 aromatic heterocycles. The molecule has 72 valence electrons. The number of halogens is 1. The largest absolute Gasteiger partial charge is 0.342 e. The molecule has 1 unspecified atom stereocenters. The molecule has 0 bridgehead atoms. The van der Waals surface area contributed by atoms with E-state index in [1.54, 1.807) is 0 Å². The summed E-state index contributed by atoms with van der Waals surface area (Å²) >= 11 is 3.34. The molecule has 1 heterocycles. The van der Waals surface area contributed by atoms with Crippen molar-refractivity contribution in [1.29, 1.82) is 0 Å². The zero-order valence-electron chi connectivity index (χ0n) is 7.63. The van der Waals surface area contributed by atoms with Crippen molar-refractivity contribution in [3.63, 3.8) is 0 Å². The minimum atomic E-state index is 0.0557. The average molecular weight is 244 g/mol. The molecule has 0 spiro atoms. The number of nitrogens with zero attached hydrogens (tertiary/aromatic N) is 1. The zero-order valence-corrected chi connectivity index (χ0v) is 9.22. The third-order valence-electron chi connectivity index (χ3n) is 2.23. The SMILES string of the molecule is C#CCCCCN1CCC(Br)C1=O. The van der Waals surface area contributed by atoms with E-state index in [1.807, 2.05) is 4.90 Å². The van der Waals surface area contributed by atoms with E-state index in [0.29, 0.717) is 0 Å². The molecule has 2 nitrogen and oxygen atoms in total. The van der Waals surface area contributed by atoms with Gasteiger partial charge in [0.25, 0.3) is 0 Å². The van der Waals surface area contributed by atoms with Crippen LogP contribution in [0.4, 0.5) is 0 Å². The van der Waals surface area contributed by atoms with Crippen molar-refractivity contribution >= 4 is 21.8 Å². The van der Waals surface area contributed by atoms with E-state index in [-0.39, 0.29) is 10.7 Å². The lowest BCUT2D eigenvalue weighted by Gasteiger charge is -2.14. The third kappa shape index (κ3) is 3.04. The lowest BCUT2D eigenvalue weighted by atomic mass is 10.2. The topological polar surface area (TPSA) is 20.3 Å². The van der Waals surface area contributed by atoms with Crippen LogP contribution in [-0.2, 0) is 4.79 Å². The first-order chi connectivity index (χ1) is 6.25. The summed E-state index contributed by atoms with van der Waals surface area (Å²) in [4.78, 5) is 13.4. The number of rotatable bonds is 4. The van der Waals surface area contributed by atoms with Gasteiger partial charge in [-0.15, -0.1) is 12.3 Å². The van der Waals surface area contributed by atoms with Gasteiger partial charge in [0.05, 0.1) is 4.83 Å². The van der Waals surface area contributed by atoms with E-state index >= 15 is 0 Å². The first-order valence-corrected chi connectivity index (χ1v) is 5.53. The molecule has 1 aliphatic heterocycles. The smallest absolute Gasteiger partial charge is 0.236 e. The number of carbonyl (C=O) groups is 1. The van der Waals surface area contributed by atoms with Gasteiger partial charge in [-0.3, -0.25) is 4.79 Å². The highest BCUT2D eigenvalue weighted by Crippen LogP contribution is 2.18. The van der Waals surface area contributed by atoms with Crippen molar-refractivity contribution in [3.05, 3.63) is 0 Å². The number of alkyl halides is 1. The first kappa shape index (κ1) is 10.6. The summed E-state index contributed by atoms with van der Waals surface area (Å²) in [5, 5.41) is 0. The van der Waals surface area contributed by atoms with Crippen LogP contribution in [0.2, 0.25) is 0 Å². The van der Waals surface area contributed by atoms with E-state index in [9.17, 15) is 4.79 Å². The predicted octanol–water partition coefficient (Wildman–Crippen LogP) is 1.79. The fourth-order valence-corrected chi connectivity index (χ4v) is 1.95. The quantitative estimate of drug-likeness (QED) is 0.419. The van der Waals surface area contributed by atoms with Crippen LogP contribution >= 0.6 is 15.9 Å². The van der Waals surface area contributed by atoms with Crippen molar-refractivity contribution < 1.29 is 4.79 Å². The molecule has 0 radical (unpaired) electrons. The second-order valence-corrected chi connectivity index (χ2v) is 4.35. The maximum absolute atomic E-state index is 11.4. The van der Waals surface area contributed by atoms with Crippen LogP contribution in [-0.4, -0.2) is 28.7 Å². The highest BCUT2D eigenvalue weighted by atomic mass is 79.9. The van der Waals surface area contributed by atoms with Gasteiger partial charge in [0.15, 0.2) is 0 Å². The number of likely N-dealkylation sites (tertiary alicyclic amines) is 1. The molecule has 0 aliphatic carbocycles. The van der Waals surface area contributed by atoms with Crippen LogP contribution in [0.5, 0.6) is 0 Å². The molecule has 1 atom stereocenters. The second-order valence-electron chi connectivity index (χ2n) is 3.24. The van der Waals surface area contributed by atoms with Crippen LogP contribution < -0.4 is 0 Å². The molecule has 1 aliphatic rings. The number of unbranched alkanes of at least 4 members (excludes halogenated alkanes) is 2. The van der Waals surface area contributed by atoms with Gasteiger partial charge in [0, 0.05) is 19.5 Å². The van der Waals surface area contributed by atoms with E-state index in [0.717, 1.165) is 38.8 Å². The van der Waals surface area contributed by atoms with Crippen LogP contribution in [0.1, 0.15) is 25.7 Å². The van der Waals surface area contributed by atoms with Crippen LogP contribution in [0.25, 0.3) is 0 Å². The molecule has 0 saturated carbocycles. The van der Waals surface area contributed by atoms with Crippen molar-refractivity contribution in [2.24, 2.45) is 0 Å². The molecule has 1 rings (SSSR count). The summed E-state index contributed by atoms with van der Waals surface area (Å²) in [5.74, 6) is 2.84. The Bertz CT molecular complexity index is 221. The van der Waals surface area contributed by atoms with Gasteiger partial charge in [-0.25, -0.2) is 0 Å². The number of hydrogen-bond donors (Lipinski definition) is 0. The number of amides is 1. The van der Waals surface area contributed by atoms with Crippen LogP contribution in [0, 0.1) is 12.3 Å². The Labute approximate surface area is 87.8 Å². The molecular formula is C10H14BrNO. The van der Waals surface area contributed by atoms with E-state index < -0.39 is 0 Å². The Morgan fingerprint density at radius 1 is 1.62 bits per heavy atom. The van der Waals surface area contributed by atoms with Crippen molar-refractivity contribution in [2.45, 2.75) is 30.5 Å². The van der Waals surface area contributed by atoms with Gasteiger partial charge in [-0.1, -0.05) is 15.9 Å². The molecule has 0 aromatic rings. The normalized spacial score (nSPS) is 22.0. The van der Waals surface area contributed by atoms with Crippen molar-refractivity contribution in [1.82, 2.24) is 4.90 Å². The van der Waals surface area contributed by atoms with Crippen LogP contribution in [0.3, 0.4) is 0 Å². The van der Waals surface area contributed by atoms with Gasteiger partial charge in [0.2, 0.25) is 5.91 Å². The maximum Gasteiger partial charge on any atom is 0.236 e. The van der Waals surface area contributed by atoms with Crippen molar-refractivity contribution in [2.75, 3.05) is 13.1 Å². The number of carbonyl (C=O) groups excluding carboxylic acids is 1. The molecule has 1 saturated heterocycles. The summed E-state index contributed by atoms with van der Waals surface area (Å²) in [6.07, 6.45) is 8.94. The Hall–Kier alpha value is -0.490. The molecule has 3 heteroatoms. The summed E-state index contributed by atoms with van der Waals surface area (Å²) in [7, 11) is 0. The van der Waals surface area contributed by atoms with Crippen molar-refractivity contribution in [3.8, 4) is 12.3 Å². The summed E-state index contributed by atoms with van der Waals surface area (Å²) < 4.78 is 0. The van der Waals surface area contributed by atoms with Gasteiger partial charge in [-0.05, 0) is 19.3 Å². The predicted molar refractivity (Wildman–Crippen MR) is 56.6 cm³/mol. The molecule has 0 N–H and O–H groups in total. The lowest BCUT2D eigenvalue weighted by Crippen LogP contribution is -2.28. The van der Waals surface area contributed by atoms with Gasteiger partial charge in [0.1, 0.15) is 0 Å². The van der Waals surface area contributed by atoms with Gasteiger partial charge >= 0.3 is 0 Å². The number of hydrogen-bond acceptors (Lipinski definition) is 1. The first-order valence-electron chi connectivity index (χ1n) is 4.62. The fraction of sp³-hybridized carbons (Fsp3) is 0.700. The van der Waals surface area contributed by atoms with E-state index in [2.05, 4.69) is 21.9 Å². The Morgan fingerprint density at radius 3 is 2.92 bits per heavy atom. The monoisotopic (exact) mass is 243 g/mol. The Kier molecular flexibility index (Phi) is 4.31. The van der Waals surface area contributed by atoms with Gasteiger partial charge in [-0.2, -0.15) is 0 Å². The van der Waals surface area contributed by atoms with Crippen LogP contribution in [0.15, 0.2) is 0 Å². The second kappa shape index (κ2) is 5.29. The van der Waals surface area contributed by atoms with E-state index in [1.165, 1.54) is 0 Å².